The van der Waals surface area contributed by atoms with Gasteiger partial charge in [0.1, 0.15) is 0 Å². The average molecular weight is 438 g/mol. The summed E-state index contributed by atoms with van der Waals surface area (Å²) in [4.78, 5) is 9.45. The molecule has 0 spiro atoms. The van der Waals surface area contributed by atoms with Crippen LogP contribution in [0.25, 0.3) is 0 Å². The fourth-order valence-corrected chi connectivity index (χ4v) is 3.83. The molecule has 0 atom stereocenters. The van der Waals surface area contributed by atoms with Gasteiger partial charge in [-0.3, -0.25) is 4.90 Å². The van der Waals surface area contributed by atoms with Gasteiger partial charge < -0.3 is 20.3 Å². The summed E-state index contributed by atoms with van der Waals surface area (Å²) >= 11 is 0. The Morgan fingerprint density at radius 1 is 1.00 bits per heavy atom. The minimum Gasteiger partial charge on any atom is -0.379 e. The minimum atomic E-state index is 0.682. The highest BCUT2D eigenvalue weighted by molar-refractivity contribution is 5.79. The molecule has 1 heterocycles. The van der Waals surface area contributed by atoms with Crippen molar-refractivity contribution in [3.8, 4) is 0 Å². The summed E-state index contributed by atoms with van der Waals surface area (Å²) in [7, 11) is 4.14. The lowest BCUT2D eigenvalue weighted by atomic mass is 10.1. The first kappa shape index (κ1) is 24.1. The molecule has 0 aromatic heterocycles. The van der Waals surface area contributed by atoms with E-state index in [0.717, 1.165) is 64.7 Å². The van der Waals surface area contributed by atoms with Gasteiger partial charge in [-0.15, -0.1) is 0 Å². The summed E-state index contributed by atoms with van der Waals surface area (Å²) in [6, 6.07) is 17.5. The minimum absolute atomic E-state index is 0.682. The summed E-state index contributed by atoms with van der Waals surface area (Å²) in [6.45, 7) is 9.16. The highest BCUT2D eigenvalue weighted by atomic mass is 16.5. The quantitative estimate of drug-likeness (QED) is 0.339. The predicted molar refractivity (Wildman–Crippen MR) is 134 cm³/mol. The zero-order valence-electron chi connectivity index (χ0n) is 19.9. The van der Waals surface area contributed by atoms with E-state index in [9.17, 15) is 0 Å². The summed E-state index contributed by atoms with van der Waals surface area (Å²) in [5, 5.41) is 6.87. The summed E-state index contributed by atoms with van der Waals surface area (Å²) in [5.74, 6) is 0.886. The molecular weight excluding hydrogens is 398 g/mol. The standard InChI is InChI=1S/C26H39N5O/c1-4-27-26(28-15-7-8-22-11-13-25(14-12-22)30(2)3)29-20-23-9-5-6-10-24(23)21-31-16-18-32-19-17-31/h5-6,9-14H,4,7-8,15-21H2,1-3H3,(H2,27,28,29). The van der Waals surface area contributed by atoms with Crippen LogP contribution in [0.1, 0.15) is 30.0 Å². The maximum absolute atomic E-state index is 5.48. The molecule has 1 aliphatic heterocycles. The van der Waals surface area contributed by atoms with Gasteiger partial charge in [0.15, 0.2) is 5.96 Å². The number of guanidine groups is 1. The fourth-order valence-electron chi connectivity index (χ4n) is 3.83. The van der Waals surface area contributed by atoms with Crippen molar-refractivity contribution >= 4 is 11.6 Å². The summed E-state index contributed by atoms with van der Waals surface area (Å²) in [5.41, 5.74) is 5.26. The smallest absolute Gasteiger partial charge is 0.191 e. The number of morpholine rings is 1. The van der Waals surface area contributed by atoms with Crippen molar-refractivity contribution in [3.05, 3.63) is 65.2 Å². The fraction of sp³-hybridized carbons (Fsp3) is 0.500. The third-order valence-corrected chi connectivity index (χ3v) is 5.76. The van der Waals surface area contributed by atoms with Crippen molar-refractivity contribution in [2.24, 2.45) is 4.99 Å². The number of aryl methyl sites for hydroxylation is 1. The van der Waals surface area contributed by atoms with Crippen molar-refractivity contribution in [3.63, 3.8) is 0 Å². The topological polar surface area (TPSA) is 52.1 Å². The van der Waals surface area contributed by atoms with Gasteiger partial charge in [0.25, 0.3) is 0 Å². The third-order valence-electron chi connectivity index (χ3n) is 5.76. The number of nitrogens with one attached hydrogen (secondary N) is 2. The molecule has 0 amide bonds. The van der Waals surface area contributed by atoms with E-state index in [0.29, 0.717) is 6.54 Å². The molecule has 0 aliphatic carbocycles. The molecular formula is C26H39N5O. The van der Waals surface area contributed by atoms with Crippen LogP contribution in [0.3, 0.4) is 0 Å². The molecule has 1 aliphatic rings. The molecule has 32 heavy (non-hydrogen) atoms. The number of nitrogens with zero attached hydrogens (tertiary/aromatic N) is 3. The van der Waals surface area contributed by atoms with Crippen LogP contribution in [0, 0.1) is 0 Å². The Bertz CT molecular complexity index is 828. The van der Waals surface area contributed by atoms with E-state index in [4.69, 9.17) is 9.73 Å². The summed E-state index contributed by atoms with van der Waals surface area (Å²) < 4.78 is 5.48. The lowest BCUT2D eigenvalue weighted by Gasteiger charge is -2.27. The lowest BCUT2D eigenvalue weighted by Crippen LogP contribution is -2.38. The van der Waals surface area contributed by atoms with Crippen molar-refractivity contribution in [2.45, 2.75) is 32.9 Å². The maximum atomic E-state index is 5.48. The molecule has 1 fully saturated rings. The number of hydrogen-bond acceptors (Lipinski definition) is 4. The maximum Gasteiger partial charge on any atom is 0.191 e. The monoisotopic (exact) mass is 437 g/mol. The number of anilines is 1. The van der Waals surface area contributed by atoms with E-state index in [2.05, 4.69) is 90.0 Å². The van der Waals surface area contributed by atoms with Crippen LogP contribution >= 0.6 is 0 Å². The molecule has 0 saturated carbocycles. The molecule has 2 N–H and O–H groups in total. The van der Waals surface area contributed by atoms with E-state index >= 15 is 0 Å². The van der Waals surface area contributed by atoms with Gasteiger partial charge in [0.05, 0.1) is 19.8 Å². The van der Waals surface area contributed by atoms with Crippen molar-refractivity contribution in [1.82, 2.24) is 15.5 Å². The summed E-state index contributed by atoms with van der Waals surface area (Å²) in [6.07, 6.45) is 2.13. The van der Waals surface area contributed by atoms with Crippen LogP contribution in [0.2, 0.25) is 0 Å². The molecule has 174 valence electrons. The molecule has 0 radical (unpaired) electrons. The van der Waals surface area contributed by atoms with Crippen LogP contribution in [0.15, 0.2) is 53.5 Å². The van der Waals surface area contributed by atoms with Gasteiger partial charge in [-0.05, 0) is 48.6 Å². The number of benzene rings is 2. The molecule has 2 aromatic carbocycles. The Hall–Kier alpha value is -2.57. The molecule has 6 nitrogen and oxygen atoms in total. The second kappa shape index (κ2) is 13.1. The Balaban J connectivity index is 1.50. The lowest BCUT2D eigenvalue weighted by molar-refractivity contribution is 0.0341. The van der Waals surface area contributed by atoms with Crippen LogP contribution in [-0.4, -0.2) is 64.3 Å². The molecule has 0 unspecified atom stereocenters. The second-order valence-electron chi connectivity index (χ2n) is 8.44. The van der Waals surface area contributed by atoms with Gasteiger partial charge in [0, 0.05) is 52.5 Å². The van der Waals surface area contributed by atoms with Crippen LogP contribution in [0.5, 0.6) is 0 Å². The van der Waals surface area contributed by atoms with Crippen LogP contribution < -0.4 is 15.5 Å². The first-order valence-corrected chi connectivity index (χ1v) is 11.8. The third kappa shape index (κ3) is 7.84. The zero-order valence-corrected chi connectivity index (χ0v) is 19.9. The average Bonchev–Trinajstić information content (AvgIpc) is 2.82. The van der Waals surface area contributed by atoms with Gasteiger partial charge in [0.2, 0.25) is 0 Å². The van der Waals surface area contributed by atoms with Crippen LogP contribution in [-0.2, 0) is 24.2 Å². The molecule has 0 bridgehead atoms. The number of hydrogen-bond donors (Lipinski definition) is 2. The Morgan fingerprint density at radius 2 is 1.72 bits per heavy atom. The number of rotatable bonds is 10. The molecule has 1 saturated heterocycles. The van der Waals surface area contributed by atoms with Gasteiger partial charge in [-0.25, -0.2) is 4.99 Å². The SMILES string of the molecule is CCNC(=NCc1ccccc1CN1CCOCC1)NCCCc1ccc(N(C)C)cc1. The molecule has 2 aromatic rings. The number of ether oxygens (including phenoxy) is 1. The highest BCUT2D eigenvalue weighted by Gasteiger charge is 2.12. The van der Waals surface area contributed by atoms with E-state index in [-0.39, 0.29) is 0 Å². The van der Waals surface area contributed by atoms with Gasteiger partial charge in [-0.2, -0.15) is 0 Å². The number of aliphatic imine (C=N–C) groups is 1. The van der Waals surface area contributed by atoms with Crippen LogP contribution in [0.4, 0.5) is 5.69 Å². The van der Waals surface area contributed by atoms with Gasteiger partial charge in [-0.1, -0.05) is 36.4 Å². The second-order valence-corrected chi connectivity index (χ2v) is 8.44. The van der Waals surface area contributed by atoms with E-state index in [1.807, 2.05) is 0 Å². The van der Waals surface area contributed by atoms with Gasteiger partial charge >= 0.3 is 0 Å². The Kier molecular flexibility index (Phi) is 9.85. The largest absolute Gasteiger partial charge is 0.379 e. The van der Waals surface area contributed by atoms with Crippen molar-refractivity contribution < 1.29 is 4.74 Å². The predicted octanol–water partition coefficient (Wildman–Crippen LogP) is 3.27. The first-order valence-electron chi connectivity index (χ1n) is 11.8. The molecule has 6 heteroatoms. The first-order chi connectivity index (χ1) is 15.7. The highest BCUT2D eigenvalue weighted by Crippen LogP contribution is 2.15. The Morgan fingerprint density at radius 3 is 2.41 bits per heavy atom. The van der Waals surface area contributed by atoms with E-state index < -0.39 is 0 Å². The Labute approximate surface area is 193 Å². The normalized spacial score (nSPS) is 14.9. The zero-order chi connectivity index (χ0) is 22.6. The van der Waals surface area contributed by atoms with Crippen molar-refractivity contribution in [1.29, 1.82) is 0 Å². The molecule has 3 rings (SSSR count). The van der Waals surface area contributed by atoms with E-state index in [1.54, 1.807) is 0 Å². The van der Waals surface area contributed by atoms with E-state index in [1.165, 1.54) is 22.4 Å². The van der Waals surface area contributed by atoms with Crippen molar-refractivity contribution in [2.75, 3.05) is 58.4 Å².